The molecule has 4 N–H and O–H groups in total. The predicted octanol–water partition coefficient (Wildman–Crippen LogP) is 0.841. The van der Waals surface area contributed by atoms with Gasteiger partial charge in [0, 0.05) is 18.9 Å². The van der Waals surface area contributed by atoms with Crippen LogP contribution in [-0.4, -0.2) is 34.2 Å². The molecule has 0 saturated heterocycles. The number of ether oxygens (including phenoxy) is 1. The zero-order chi connectivity index (χ0) is 15.7. The number of hydrogen-bond donors (Lipinski definition) is 2. The number of anilines is 1. The average molecular weight is 299 g/mol. The zero-order valence-electron chi connectivity index (χ0n) is 12.2. The third-order valence-corrected chi connectivity index (χ3v) is 3.53. The Morgan fingerprint density at radius 1 is 1.32 bits per heavy atom. The van der Waals surface area contributed by atoms with Gasteiger partial charge in [0.15, 0.2) is 5.82 Å². The van der Waals surface area contributed by atoms with Crippen LogP contribution in [0.2, 0.25) is 0 Å². The van der Waals surface area contributed by atoms with Crippen molar-refractivity contribution in [1.29, 1.82) is 0 Å². The lowest BCUT2D eigenvalue weighted by Gasteiger charge is -2.08. The van der Waals surface area contributed by atoms with E-state index in [0.29, 0.717) is 30.2 Å². The molecule has 0 atom stereocenters. The van der Waals surface area contributed by atoms with Crippen molar-refractivity contribution in [1.82, 2.24) is 14.5 Å². The monoisotopic (exact) mass is 299 g/mol. The van der Waals surface area contributed by atoms with Gasteiger partial charge in [0.1, 0.15) is 17.9 Å². The molecule has 0 fully saturated rings. The summed E-state index contributed by atoms with van der Waals surface area (Å²) in [5.74, 6) is 0.619. The molecule has 114 valence electrons. The molecule has 0 aliphatic rings. The van der Waals surface area contributed by atoms with Crippen molar-refractivity contribution in [3.8, 4) is 0 Å². The first-order valence-electron chi connectivity index (χ1n) is 6.92. The normalized spacial score (nSPS) is 11.3. The van der Waals surface area contributed by atoms with E-state index in [0.717, 1.165) is 16.4 Å². The molecule has 2 heterocycles. The Morgan fingerprint density at radius 2 is 2.09 bits per heavy atom. The van der Waals surface area contributed by atoms with Gasteiger partial charge < -0.3 is 20.8 Å². The smallest absolute Gasteiger partial charge is 0.237 e. The minimum Gasteiger partial charge on any atom is -0.384 e. The molecule has 0 bridgehead atoms. The van der Waals surface area contributed by atoms with E-state index >= 15 is 0 Å². The first kappa shape index (κ1) is 14.3. The van der Waals surface area contributed by atoms with Crippen LogP contribution in [0.3, 0.4) is 0 Å². The lowest BCUT2D eigenvalue weighted by Crippen LogP contribution is -2.20. The number of pyridine rings is 1. The highest BCUT2D eigenvalue weighted by Gasteiger charge is 2.18. The highest BCUT2D eigenvalue weighted by molar-refractivity contribution is 6.06. The largest absolute Gasteiger partial charge is 0.384 e. The predicted molar refractivity (Wildman–Crippen MR) is 84.2 cm³/mol. The topological polar surface area (TPSA) is 109 Å². The summed E-state index contributed by atoms with van der Waals surface area (Å²) in [6, 6.07) is 7.61. The fraction of sp³-hybridized carbons (Fsp3) is 0.267. The number of benzene rings is 1. The third kappa shape index (κ3) is 2.35. The van der Waals surface area contributed by atoms with Crippen LogP contribution in [0.15, 0.2) is 24.3 Å². The van der Waals surface area contributed by atoms with Gasteiger partial charge in [0.05, 0.1) is 17.6 Å². The molecule has 3 aromatic rings. The molecule has 0 unspecified atom stereocenters. The van der Waals surface area contributed by atoms with Crippen molar-refractivity contribution in [3.05, 3.63) is 30.1 Å². The van der Waals surface area contributed by atoms with Gasteiger partial charge >= 0.3 is 0 Å². The molecule has 1 aromatic carbocycles. The lowest BCUT2D eigenvalue weighted by molar-refractivity contribution is -0.118. The SMILES string of the molecule is COCCc1nc2c(N)nc3ccccc3c2n1CC(N)=O. The van der Waals surface area contributed by atoms with E-state index in [1.165, 1.54) is 0 Å². The summed E-state index contributed by atoms with van der Waals surface area (Å²) in [5.41, 5.74) is 13.6. The Balaban J connectivity index is 2.34. The molecular weight excluding hydrogens is 282 g/mol. The molecular formula is C15H17N5O2. The van der Waals surface area contributed by atoms with Crippen molar-refractivity contribution in [2.75, 3.05) is 19.5 Å². The van der Waals surface area contributed by atoms with Gasteiger partial charge in [-0.15, -0.1) is 0 Å². The maximum Gasteiger partial charge on any atom is 0.237 e. The van der Waals surface area contributed by atoms with E-state index in [1.807, 2.05) is 24.3 Å². The number of carbonyl (C=O) groups excluding carboxylic acids is 1. The van der Waals surface area contributed by atoms with Gasteiger partial charge in [-0.3, -0.25) is 4.79 Å². The molecule has 0 aliphatic heterocycles. The van der Waals surface area contributed by atoms with E-state index in [9.17, 15) is 4.79 Å². The van der Waals surface area contributed by atoms with Crippen LogP contribution < -0.4 is 11.5 Å². The lowest BCUT2D eigenvalue weighted by atomic mass is 10.2. The van der Waals surface area contributed by atoms with E-state index in [4.69, 9.17) is 16.2 Å². The van der Waals surface area contributed by atoms with Gasteiger partial charge in [0.2, 0.25) is 5.91 Å². The average Bonchev–Trinajstić information content (AvgIpc) is 2.84. The standard InChI is InChI=1S/C15H17N5O2/c1-22-7-6-12-19-13-14(20(12)8-11(16)21)9-4-2-3-5-10(9)18-15(13)17/h2-5H,6-8H2,1H3,(H2,16,21)(H2,17,18). The number of nitrogens with zero attached hydrogens (tertiary/aromatic N) is 3. The number of nitrogens with two attached hydrogens (primary N) is 2. The number of carbonyl (C=O) groups is 1. The van der Waals surface area contributed by atoms with Gasteiger partial charge in [-0.05, 0) is 6.07 Å². The fourth-order valence-corrected chi connectivity index (χ4v) is 2.62. The quantitative estimate of drug-likeness (QED) is 0.725. The van der Waals surface area contributed by atoms with Crippen molar-refractivity contribution in [2.24, 2.45) is 5.73 Å². The number of imidazole rings is 1. The van der Waals surface area contributed by atoms with Crippen LogP contribution in [0.1, 0.15) is 5.82 Å². The van der Waals surface area contributed by atoms with E-state index in [-0.39, 0.29) is 6.54 Å². The number of primary amides is 1. The number of aromatic nitrogens is 3. The summed E-state index contributed by atoms with van der Waals surface area (Å²) in [6.07, 6.45) is 0.562. The number of amides is 1. The van der Waals surface area contributed by atoms with E-state index in [1.54, 1.807) is 11.7 Å². The molecule has 7 nitrogen and oxygen atoms in total. The third-order valence-electron chi connectivity index (χ3n) is 3.53. The maximum absolute atomic E-state index is 11.5. The second kappa shape index (κ2) is 5.61. The van der Waals surface area contributed by atoms with Crippen LogP contribution in [0, 0.1) is 0 Å². The summed E-state index contributed by atoms with van der Waals surface area (Å²) in [6.45, 7) is 0.538. The molecule has 0 radical (unpaired) electrons. The van der Waals surface area contributed by atoms with Crippen molar-refractivity contribution >= 4 is 33.7 Å². The highest BCUT2D eigenvalue weighted by atomic mass is 16.5. The number of hydrogen-bond acceptors (Lipinski definition) is 5. The first-order valence-corrected chi connectivity index (χ1v) is 6.92. The van der Waals surface area contributed by atoms with Gasteiger partial charge in [-0.1, -0.05) is 18.2 Å². The summed E-state index contributed by atoms with van der Waals surface area (Å²) in [5, 5.41) is 0.893. The van der Waals surface area contributed by atoms with Crippen molar-refractivity contribution < 1.29 is 9.53 Å². The number of nitrogen functional groups attached to an aromatic ring is 1. The molecule has 2 aromatic heterocycles. The first-order chi connectivity index (χ1) is 10.6. The van der Waals surface area contributed by atoms with Crippen LogP contribution >= 0.6 is 0 Å². The number of rotatable bonds is 5. The Bertz CT molecular complexity index is 856. The van der Waals surface area contributed by atoms with Crippen molar-refractivity contribution in [2.45, 2.75) is 13.0 Å². The van der Waals surface area contributed by atoms with Gasteiger partial charge in [-0.25, -0.2) is 9.97 Å². The van der Waals surface area contributed by atoms with E-state index < -0.39 is 5.91 Å². The number of fused-ring (bicyclic) bond motifs is 3. The Hall–Kier alpha value is -2.67. The van der Waals surface area contributed by atoms with Crippen LogP contribution in [0.5, 0.6) is 0 Å². The van der Waals surface area contributed by atoms with Crippen LogP contribution in [0.4, 0.5) is 5.82 Å². The Morgan fingerprint density at radius 3 is 2.82 bits per heavy atom. The molecule has 3 rings (SSSR count). The Labute approximate surface area is 126 Å². The highest BCUT2D eigenvalue weighted by Crippen LogP contribution is 2.28. The number of para-hydroxylation sites is 1. The second-order valence-electron chi connectivity index (χ2n) is 5.03. The summed E-state index contributed by atoms with van der Waals surface area (Å²) >= 11 is 0. The van der Waals surface area contributed by atoms with Crippen LogP contribution in [-0.2, 0) is 22.5 Å². The molecule has 0 aliphatic carbocycles. The second-order valence-corrected chi connectivity index (χ2v) is 5.03. The molecule has 0 spiro atoms. The van der Waals surface area contributed by atoms with Gasteiger partial charge in [-0.2, -0.15) is 0 Å². The van der Waals surface area contributed by atoms with Gasteiger partial charge in [0.25, 0.3) is 0 Å². The van der Waals surface area contributed by atoms with Crippen LogP contribution in [0.25, 0.3) is 21.9 Å². The fourth-order valence-electron chi connectivity index (χ4n) is 2.62. The van der Waals surface area contributed by atoms with Crippen molar-refractivity contribution in [3.63, 3.8) is 0 Å². The maximum atomic E-state index is 11.5. The summed E-state index contributed by atoms with van der Waals surface area (Å²) < 4.78 is 6.91. The molecule has 0 saturated carbocycles. The number of methoxy groups -OCH3 is 1. The molecule has 7 heteroatoms. The minimum absolute atomic E-state index is 0.0446. The molecule has 22 heavy (non-hydrogen) atoms. The zero-order valence-corrected chi connectivity index (χ0v) is 12.2. The Kier molecular flexibility index (Phi) is 3.64. The molecule has 1 amide bonds. The summed E-state index contributed by atoms with van der Waals surface area (Å²) in [7, 11) is 1.62. The van der Waals surface area contributed by atoms with E-state index in [2.05, 4.69) is 9.97 Å². The summed E-state index contributed by atoms with van der Waals surface area (Å²) in [4.78, 5) is 20.4. The minimum atomic E-state index is -0.433.